The van der Waals surface area contributed by atoms with Gasteiger partial charge in [-0.3, -0.25) is 0 Å². The van der Waals surface area contributed by atoms with Crippen LogP contribution in [0.25, 0.3) is 0 Å². The van der Waals surface area contributed by atoms with Crippen molar-refractivity contribution in [3.8, 4) is 5.75 Å². The van der Waals surface area contributed by atoms with Crippen molar-refractivity contribution in [2.24, 2.45) is 0 Å². The van der Waals surface area contributed by atoms with E-state index in [-0.39, 0.29) is 5.82 Å². The molecule has 0 saturated heterocycles. The minimum Gasteiger partial charge on any atom is -0.497 e. The van der Waals surface area contributed by atoms with E-state index in [1.165, 1.54) is 6.07 Å². The summed E-state index contributed by atoms with van der Waals surface area (Å²) >= 11 is 0. The zero-order chi connectivity index (χ0) is 13.8. The number of nitrogens with zero attached hydrogens (tertiary/aromatic N) is 1. The third kappa shape index (κ3) is 2.96. The normalized spacial score (nSPS) is 10.3. The first-order valence-corrected chi connectivity index (χ1v) is 6.00. The van der Waals surface area contributed by atoms with Crippen molar-refractivity contribution in [3.63, 3.8) is 0 Å². The fraction of sp³-hybridized carbons (Fsp3) is 0.200. The van der Waals surface area contributed by atoms with Crippen molar-refractivity contribution >= 4 is 11.4 Å². The van der Waals surface area contributed by atoms with Gasteiger partial charge in [0.2, 0.25) is 0 Å². The number of halogens is 1. The van der Waals surface area contributed by atoms with E-state index >= 15 is 0 Å². The van der Waals surface area contributed by atoms with Crippen LogP contribution in [0.1, 0.15) is 5.56 Å². The van der Waals surface area contributed by atoms with Gasteiger partial charge in [0.25, 0.3) is 0 Å². The summed E-state index contributed by atoms with van der Waals surface area (Å²) in [5.74, 6) is 0.487. The van der Waals surface area contributed by atoms with Crippen LogP contribution in [0, 0.1) is 5.82 Å². The molecule has 0 bridgehead atoms. The Morgan fingerprint density at radius 1 is 1.21 bits per heavy atom. The van der Waals surface area contributed by atoms with Gasteiger partial charge < -0.3 is 15.4 Å². The van der Waals surface area contributed by atoms with Crippen LogP contribution in [0.3, 0.4) is 0 Å². The molecule has 0 amide bonds. The summed E-state index contributed by atoms with van der Waals surface area (Å²) in [6, 6.07) is 12.4. The summed E-state index contributed by atoms with van der Waals surface area (Å²) in [4.78, 5) is 1.93. The Kier molecular flexibility index (Phi) is 3.90. The standard InChI is InChI=1S/C15H17FN2O/c1-18(11-5-3-6-12(9-11)19-2)10-13-14(16)7-4-8-15(13)17/h3-9H,10,17H2,1-2H3. The smallest absolute Gasteiger partial charge is 0.130 e. The number of hydrogen-bond donors (Lipinski definition) is 1. The van der Waals surface area contributed by atoms with E-state index in [1.54, 1.807) is 19.2 Å². The highest BCUT2D eigenvalue weighted by molar-refractivity contribution is 5.54. The number of ether oxygens (including phenoxy) is 1. The molecular formula is C15H17FN2O. The van der Waals surface area contributed by atoms with Crippen LogP contribution in [0.15, 0.2) is 42.5 Å². The van der Waals surface area contributed by atoms with Crippen LogP contribution >= 0.6 is 0 Å². The number of methoxy groups -OCH3 is 1. The second-order valence-electron chi connectivity index (χ2n) is 4.37. The molecule has 0 aliphatic carbocycles. The molecule has 2 aromatic rings. The highest BCUT2D eigenvalue weighted by atomic mass is 19.1. The van der Waals surface area contributed by atoms with E-state index < -0.39 is 0 Å². The second-order valence-corrected chi connectivity index (χ2v) is 4.37. The summed E-state index contributed by atoms with van der Waals surface area (Å²) < 4.78 is 18.9. The van der Waals surface area contributed by atoms with Gasteiger partial charge >= 0.3 is 0 Å². The largest absolute Gasteiger partial charge is 0.497 e. The summed E-state index contributed by atoms with van der Waals surface area (Å²) in [6.45, 7) is 0.408. The summed E-state index contributed by atoms with van der Waals surface area (Å²) in [5.41, 5.74) is 7.73. The van der Waals surface area contributed by atoms with Crippen LogP contribution in [0.5, 0.6) is 5.75 Å². The molecule has 0 spiro atoms. The van der Waals surface area contributed by atoms with Crippen molar-refractivity contribution in [3.05, 3.63) is 53.8 Å². The number of hydrogen-bond acceptors (Lipinski definition) is 3. The molecule has 100 valence electrons. The van der Waals surface area contributed by atoms with Gasteiger partial charge in [0.1, 0.15) is 11.6 Å². The van der Waals surface area contributed by atoms with E-state index in [2.05, 4.69) is 0 Å². The maximum atomic E-state index is 13.7. The summed E-state index contributed by atoms with van der Waals surface area (Å²) in [6.07, 6.45) is 0. The third-order valence-corrected chi connectivity index (χ3v) is 3.04. The molecule has 0 radical (unpaired) electrons. The molecule has 0 heterocycles. The van der Waals surface area contributed by atoms with Crippen LogP contribution in [0.2, 0.25) is 0 Å². The molecule has 19 heavy (non-hydrogen) atoms. The molecule has 0 aliphatic rings. The minimum absolute atomic E-state index is 0.283. The number of rotatable bonds is 4. The Bertz CT molecular complexity index is 552. The Balaban J connectivity index is 2.23. The second kappa shape index (κ2) is 5.61. The molecule has 3 nitrogen and oxygen atoms in total. The first kappa shape index (κ1) is 13.2. The Labute approximate surface area is 112 Å². The molecule has 0 unspecified atom stereocenters. The van der Waals surface area contributed by atoms with Crippen LogP contribution in [0.4, 0.5) is 15.8 Å². The molecular weight excluding hydrogens is 243 g/mol. The lowest BCUT2D eigenvalue weighted by Crippen LogP contribution is -2.18. The molecule has 0 atom stereocenters. The Morgan fingerprint density at radius 3 is 2.63 bits per heavy atom. The summed E-state index contributed by atoms with van der Waals surface area (Å²) in [7, 11) is 3.51. The van der Waals surface area contributed by atoms with Crippen molar-refractivity contribution < 1.29 is 9.13 Å². The van der Waals surface area contributed by atoms with Gasteiger partial charge in [-0.25, -0.2) is 4.39 Å². The molecule has 0 aliphatic heterocycles. The van der Waals surface area contributed by atoms with Crippen molar-refractivity contribution in [2.75, 3.05) is 24.8 Å². The van der Waals surface area contributed by atoms with Crippen molar-refractivity contribution in [2.45, 2.75) is 6.54 Å². The monoisotopic (exact) mass is 260 g/mol. The highest BCUT2D eigenvalue weighted by Crippen LogP contribution is 2.24. The number of benzene rings is 2. The van der Waals surface area contributed by atoms with Gasteiger partial charge in [-0.2, -0.15) is 0 Å². The number of nitrogens with two attached hydrogens (primary N) is 1. The fourth-order valence-corrected chi connectivity index (χ4v) is 1.92. The molecule has 2 rings (SSSR count). The van der Waals surface area contributed by atoms with Gasteiger partial charge in [-0.15, -0.1) is 0 Å². The molecule has 2 aromatic carbocycles. The molecule has 0 fully saturated rings. The van der Waals surface area contributed by atoms with Gasteiger partial charge in [-0.1, -0.05) is 12.1 Å². The molecule has 0 saturated carbocycles. The first-order chi connectivity index (χ1) is 9.11. The van der Waals surface area contributed by atoms with Crippen LogP contribution < -0.4 is 15.4 Å². The minimum atomic E-state index is -0.283. The lowest BCUT2D eigenvalue weighted by Gasteiger charge is -2.21. The maximum Gasteiger partial charge on any atom is 0.130 e. The maximum absolute atomic E-state index is 13.7. The van der Waals surface area contributed by atoms with Gasteiger partial charge in [-0.05, 0) is 24.3 Å². The third-order valence-electron chi connectivity index (χ3n) is 3.04. The molecule has 2 N–H and O–H groups in total. The van der Waals surface area contributed by atoms with E-state index in [0.717, 1.165) is 11.4 Å². The zero-order valence-corrected chi connectivity index (χ0v) is 11.1. The Hall–Kier alpha value is -2.23. The van der Waals surface area contributed by atoms with Gasteiger partial charge in [0.05, 0.1) is 7.11 Å². The quantitative estimate of drug-likeness (QED) is 0.859. The average Bonchev–Trinajstić information content (AvgIpc) is 2.43. The first-order valence-electron chi connectivity index (χ1n) is 6.00. The summed E-state index contributed by atoms with van der Waals surface area (Å²) in [5, 5.41) is 0. The van der Waals surface area contributed by atoms with E-state index in [9.17, 15) is 4.39 Å². The highest BCUT2D eigenvalue weighted by Gasteiger charge is 2.10. The topological polar surface area (TPSA) is 38.5 Å². The SMILES string of the molecule is COc1cccc(N(C)Cc2c(N)cccc2F)c1. The predicted molar refractivity (Wildman–Crippen MR) is 75.9 cm³/mol. The fourth-order valence-electron chi connectivity index (χ4n) is 1.92. The Morgan fingerprint density at radius 2 is 1.95 bits per heavy atom. The van der Waals surface area contributed by atoms with Crippen molar-refractivity contribution in [1.82, 2.24) is 0 Å². The molecule has 4 heteroatoms. The van der Waals surface area contributed by atoms with E-state index in [1.807, 2.05) is 36.2 Å². The lowest BCUT2D eigenvalue weighted by atomic mass is 10.1. The van der Waals surface area contributed by atoms with Gasteiger partial charge in [0, 0.05) is 36.6 Å². The average molecular weight is 260 g/mol. The van der Waals surface area contributed by atoms with E-state index in [4.69, 9.17) is 10.5 Å². The number of nitrogen functional groups attached to an aromatic ring is 1. The number of anilines is 2. The van der Waals surface area contributed by atoms with E-state index in [0.29, 0.717) is 17.8 Å². The predicted octanol–water partition coefficient (Wildman–Crippen LogP) is 3.05. The zero-order valence-electron chi connectivity index (χ0n) is 11.1. The van der Waals surface area contributed by atoms with Crippen LogP contribution in [-0.4, -0.2) is 14.2 Å². The molecule has 0 aromatic heterocycles. The van der Waals surface area contributed by atoms with Crippen molar-refractivity contribution in [1.29, 1.82) is 0 Å². The van der Waals surface area contributed by atoms with Crippen LogP contribution in [-0.2, 0) is 6.54 Å². The van der Waals surface area contributed by atoms with Gasteiger partial charge in [0.15, 0.2) is 0 Å². The lowest BCUT2D eigenvalue weighted by molar-refractivity contribution is 0.415.